The zero-order valence-electron chi connectivity index (χ0n) is 9.42. The highest BCUT2D eigenvalue weighted by atomic mass is 32.1. The number of anilines is 1. The van der Waals surface area contributed by atoms with Gasteiger partial charge < -0.3 is 5.32 Å². The van der Waals surface area contributed by atoms with Crippen molar-refractivity contribution in [3.8, 4) is 0 Å². The molecule has 82 valence electrons. The van der Waals surface area contributed by atoms with Gasteiger partial charge in [-0.1, -0.05) is 18.2 Å². The quantitative estimate of drug-likeness (QED) is 0.829. The van der Waals surface area contributed by atoms with E-state index in [1.165, 1.54) is 33.0 Å². The standard InChI is InChI=1S/C14H15NS/c1-10-5-6-13(16-10)9-12-4-2-3-11-7-8-15-14(11)12/h2-6,15H,7-9H2,1H3. The molecule has 1 N–H and O–H groups in total. The number of hydrogen-bond donors (Lipinski definition) is 1. The van der Waals surface area contributed by atoms with Crippen LogP contribution in [-0.2, 0) is 12.8 Å². The van der Waals surface area contributed by atoms with Gasteiger partial charge in [-0.2, -0.15) is 0 Å². The summed E-state index contributed by atoms with van der Waals surface area (Å²) in [6.07, 6.45) is 2.24. The molecule has 0 aliphatic carbocycles. The second kappa shape index (κ2) is 3.95. The zero-order valence-corrected chi connectivity index (χ0v) is 10.2. The Balaban J connectivity index is 1.93. The SMILES string of the molecule is Cc1ccc(Cc2cccc3c2NCC3)s1. The summed E-state index contributed by atoms with van der Waals surface area (Å²) >= 11 is 1.90. The van der Waals surface area contributed by atoms with Crippen molar-refractivity contribution < 1.29 is 0 Å². The third-order valence-electron chi connectivity index (χ3n) is 3.09. The maximum Gasteiger partial charge on any atom is 0.0409 e. The van der Waals surface area contributed by atoms with Crippen LogP contribution in [0.25, 0.3) is 0 Å². The van der Waals surface area contributed by atoms with E-state index in [1.807, 2.05) is 11.3 Å². The monoisotopic (exact) mass is 229 g/mol. The molecule has 2 heterocycles. The van der Waals surface area contributed by atoms with Gasteiger partial charge in [0.1, 0.15) is 0 Å². The molecule has 1 aromatic carbocycles. The fourth-order valence-corrected chi connectivity index (χ4v) is 3.24. The fraction of sp³-hybridized carbons (Fsp3) is 0.286. The van der Waals surface area contributed by atoms with Gasteiger partial charge >= 0.3 is 0 Å². The zero-order chi connectivity index (χ0) is 11.0. The number of benzene rings is 1. The third kappa shape index (κ3) is 1.74. The first-order chi connectivity index (χ1) is 7.83. The smallest absolute Gasteiger partial charge is 0.0409 e. The highest BCUT2D eigenvalue weighted by molar-refractivity contribution is 7.11. The molecule has 0 atom stereocenters. The molecule has 0 bridgehead atoms. The number of aryl methyl sites for hydroxylation is 1. The van der Waals surface area contributed by atoms with Crippen molar-refractivity contribution in [1.82, 2.24) is 0 Å². The first-order valence-electron chi connectivity index (χ1n) is 5.73. The summed E-state index contributed by atoms with van der Waals surface area (Å²) in [5, 5.41) is 3.50. The summed E-state index contributed by atoms with van der Waals surface area (Å²) in [4.78, 5) is 2.86. The first kappa shape index (κ1) is 9.91. The molecule has 16 heavy (non-hydrogen) atoms. The predicted molar refractivity (Wildman–Crippen MR) is 70.5 cm³/mol. The minimum atomic E-state index is 1.06. The van der Waals surface area contributed by atoms with Gasteiger partial charge in [0.2, 0.25) is 0 Å². The minimum absolute atomic E-state index is 1.06. The van der Waals surface area contributed by atoms with Crippen LogP contribution in [0, 0.1) is 6.92 Å². The van der Waals surface area contributed by atoms with E-state index in [-0.39, 0.29) is 0 Å². The number of thiophene rings is 1. The Morgan fingerprint density at radius 1 is 1.25 bits per heavy atom. The molecule has 2 heteroatoms. The van der Waals surface area contributed by atoms with Crippen molar-refractivity contribution >= 4 is 17.0 Å². The summed E-state index contributed by atoms with van der Waals surface area (Å²) < 4.78 is 0. The Hall–Kier alpha value is -1.28. The van der Waals surface area contributed by atoms with Crippen LogP contribution in [0.5, 0.6) is 0 Å². The second-order valence-electron chi connectivity index (χ2n) is 4.32. The first-order valence-corrected chi connectivity index (χ1v) is 6.54. The topological polar surface area (TPSA) is 12.0 Å². The van der Waals surface area contributed by atoms with Gasteiger partial charge in [-0.3, -0.25) is 0 Å². The fourth-order valence-electron chi connectivity index (χ4n) is 2.33. The highest BCUT2D eigenvalue weighted by Crippen LogP contribution is 2.29. The summed E-state index contributed by atoms with van der Waals surface area (Å²) in [6, 6.07) is 11.1. The number of hydrogen-bond acceptors (Lipinski definition) is 2. The molecule has 3 rings (SSSR count). The van der Waals surface area contributed by atoms with Gasteiger partial charge in [0.25, 0.3) is 0 Å². The summed E-state index contributed by atoms with van der Waals surface area (Å²) in [5.41, 5.74) is 4.30. The van der Waals surface area contributed by atoms with Gasteiger partial charge in [-0.15, -0.1) is 11.3 Å². The van der Waals surface area contributed by atoms with Crippen LogP contribution in [0.2, 0.25) is 0 Å². The van der Waals surface area contributed by atoms with Crippen molar-refractivity contribution in [3.05, 3.63) is 51.2 Å². The molecular weight excluding hydrogens is 214 g/mol. The lowest BCUT2D eigenvalue weighted by Gasteiger charge is -2.07. The highest BCUT2D eigenvalue weighted by Gasteiger charge is 2.13. The molecular formula is C14H15NS. The van der Waals surface area contributed by atoms with Gasteiger partial charge in [0, 0.05) is 28.4 Å². The van der Waals surface area contributed by atoms with Crippen LogP contribution in [0.1, 0.15) is 20.9 Å². The van der Waals surface area contributed by atoms with E-state index in [2.05, 4.69) is 42.6 Å². The molecule has 2 aromatic rings. The number of fused-ring (bicyclic) bond motifs is 1. The van der Waals surface area contributed by atoms with Crippen molar-refractivity contribution in [2.45, 2.75) is 19.8 Å². The van der Waals surface area contributed by atoms with E-state index >= 15 is 0 Å². The molecule has 0 saturated heterocycles. The maximum atomic E-state index is 3.50. The average molecular weight is 229 g/mol. The number of rotatable bonds is 2. The molecule has 1 aliphatic heterocycles. The van der Waals surface area contributed by atoms with Crippen LogP contribution >= 0.6 is 11.3 Å². The lowest BCUT2D eigenvalue weighted by atomic mass is 10.0. The van der Waals surface area contributed by atoms with E-state index in [4.69, 9.17) is 0 Å². The van der Waals surface area contributed by atoms with Gasteiger partial charge in [-0.05, 0) is 36.6 Å². The molecule has 0 spiro atoms. The van der Waals surface area contributed by atoms with Crippen molar-refractivity contribution in [3.63, 3.8) is 0 Å². The molecule has 0 amide bonds. The Kier molecular flexibility index (Phi) is 2.44. The van der Waals surface area contributed by atoms with Crippen molar-refractivity contribution in [2.24, 2.45) is 0 Å². The summed E-state index contributed by atoms with van der Waals surface area (Å²) in [5.74, 6) is 0. The predicted octanol–water partition coefficient (Wildman–Crippen LogP) is 3.62. The summed E-state index contributed by atoms with van der Waals surface area (Å²) in [7, 11) is 0. The van der Waals surface area contributed by atoms with Crippen LogP contribution in [-0.4, -0.2) is 6.54 Å². The van der Waals surface area contributed by atoms with Crippen molar-refractivity contribution in [1.29, 1.82) is 0 Å². The molecule has 0 saturated carbocycles. The van der Waals surface area contributed by atoms with E-state index in [0.717, 1.165) is 13.0 Å². The Morgan fingerprint density at radius 3 is 3.00 bits per heavy atom. The molecule has 0 radical (unpaired) electrons. The molecule has 0 fully saturated rings. The minimum Gasteiger partial charge on any atom is -0.384 e. The molecule has 1 aromatic heterocycles. The van der Waals surface area contributed by atoms with Crippen LogP contribution < -0.4 is 5.32 Å². The molecule has 0 unspecified atom stereocenters. The third-order valence-corrected chi connectivity index (χ3v) is 4.09. The van der Waals surface area contributed by atoms with E-state index in [0.29, 0.717) is 0 Å². The van der Waals surface area contributed by atoms with Crippen LogP contribution in [0.4, 0.5) is 5.69 Å². The van der Waals surface area contributed by atoms with Crippen LogP contribution in [0.15, 0.2) is 30.3 Å². The largest absolute Gasteiger partial charge is 0.384 e. The lowest BCUT2D eigenvalue weighted by Crippen LogP contribution is -1.95. The summed E-state index contributed by atoms with van der Waals surface area (Å²) in [6.45, 7) is 3.26. The Morgan fingerprint density at radius 2 is 2.19 bits per heavy atom. The lowest BCUT2D eigenvalue weighted by molar-refractivity contribution is 1.11. The van der Waals surface area contributed by atoms with Crippen molar-refractivity contribution in [2.75, 3.05) is 11.9 Å². The Bertz CT molecular complexity index is 513. The van der Waals surface area contributed by atoms with Gasteiger partial charge in [0.05, 0.1) is 0 Å². The molecule has 1 aliphatic rings. The van der Waals surface area contributed by atoms with Gasteiger partial charge in [0.15, 0.2) is 0 Å². The maximum absolute atomic E-state index is 3.50. The molecule has 1 nitrogen and oxygen atoms in total. The number of para-hydroxylation sites is 1. The second-order valence-corrected chi connectivity index (χ2v) is 5.69. The average Bonchev–Trinajstić information content (AvgIpc) is 2.87. The van der Waals surface area contributed by atoms with E-state index in [9.17, 15) is 0 Å². The Labute approximate surface area is 100 Å². The number of nitrogens with one attached hydrogen (secondary N) is 1. The van der Waals surface area contributed by atoms with E-state index in [1.54, 1.807) is 0 Å². The van der Waals surface area contributed by atoms with Gasteiger partial charge in [-0.25, -0.2) is 0 Å². The van der Waals surface area contributed by atoms with Crippen LogP contribution in [0.3, 0.4) is 0 Å². The van der Waals surface area contributed by atoms with E-state index < -0.39 is 0 Å². The normalized spacial score (nSPS) is 13.6.